The summed E-state index contributed by atoms with van der Waals surface area (Å²) in [5, 5.41) is 11.7. The van der Waals surface area contributed by atoms with Crippen molar-refractivity contribution in [3.05, 3.63) is 288 Å². The Kier molecular flexibility index (Phi) is 9.15. The molecule has 0 radical (unpaired) electrons. The van der Waals surface area contributed by atoms with Crippen LogP contribution in [0.1, 0.15) is 33.4 Å². The molecule has 0 bridgehead atoms. The van der Waals surface area contributed by atoms with Crippen LogP contribution in [0, 0.1) is 13.8 Å². The maximum atomic E-state index is 6.76. The normalized spacial score (nSPS) is 13.0. The van der Waals surface area contributed by atoms with Crippen molar-refractivity contribution in [3.63, 3.8) is 0 Å². The SMILES string of the molecule is Cc1ccc(N(c2ccc3c4c(ccc3c2)-c2ccc3cc(N(c5ccc(C)cc5)c5cccc6c5oc5ccccc56)ccc3c2C42c3ccccc3-c3c2ccc2ccccc32)c2cccc3c2oc2ccccc23)cc1. The summed E-state index contributed by atoms with van der Waals surface area (Å²) >= 11 is 0. The third-order valence-electron chi connectivity index (χ3n) is 17.3. The van der Waals surface area contributed by atoms with Crippen LogP contribution in [0.25, 0.3) is 98.4 Å². The van der Waals surface area contributed by atoms with Crippen molar-refractivity contribution >= 4 is 110 Å². The molecule has 15 aromatic rings. The monoisotopic (exact) mass is 1010 g/mol. The standard InChI is InChI=1S/C75H48N2O2/c1-45-25-32-50(33-26-45)76(66-21-11-18-61-57-15-6-9-23-68(57)78-73(61)66)52-36-40-55-48(43-52)29-38-59-60-39-30-49-44-53(77(51-34-27-46(2)28-35-51)67-22-12-19-62-58-16-7-10-24-69(58)79-74(62)67)37-41-56(49)72(60)75(71(55)59)64-20-8-5-17-63(64)70-54-14-4-3-13-47(54)31-42-65(70)75/h3-44H,1-2H3. The van der Waals surface area contributed by atoms with Gasteiger partial charge in [0, 0.05) is 44.3 Å². The van der Waals surface area contributed by atoms with Gasteiger partial charge in [-0.3, -0.25) is 0 Å². The minimum Gasteiger partial charge on any atom is -0.454 e. The van der Waals surface area contributed by atoms with Crippen LogP contribution >= 0.6 is 0 Å². The first-order valence-corrected chi connectivity index (χ1v) is 27.3. The molecule has 17 rings (SSSR count). The first kappa shape index (κ1) is 44.0. The van der Waals surface area contributed by atoms with Gasteiger partial charge < -0.3 is 18.6 Å². The fourth-order valence-electron chi connectivity index (χ4n) is 13.9. The maximum absolute atomic E-state index is 6.76. The van der Waals surface area contributed by atoms with Crippen molar-refractivity contribution in [1.29, 1.82) is 0 Å². The van der Waals surface area contributed by atoms with Crippen LogP contribution in [0.15, 0.2) is 264 Å². The largest absolute Gasteiger partial charge is 0.454 e. The Hall–Kier alpha value is -10.2. The van der Waals surface area contributed by atoms with Crippen molar-refractivity contribution in [2.75, 3.05) is 9.80 Å². The number of benzene rings is 13. The molecule has 2 heterocycles. The second kappa shape index (κ2) is 16.4. The van der Waals surface area contributed by atoms with Gasteiger partial charge in [-0.2, -0.15) is 0 Å². The molecule has 370 valence electrons. The molecule has 2 aliphatic carbocycles. The zero-order valence-electron chi connectivity index (χ0n) is 43.5. The molecule has 2 aromatic heterocycles. The Balaban J connectivity index is 0.917. The van der Waals surface area contributed by atoms with Gasteiger partial charge in [0.25, 0.3) is 0 Å². The van der Waals surface area contributed by atoms with Crippen molar-refractivity contribution in [2.24, 2.45) is 0 Å². The van der Waals surface area contributed by atoms with E-state index in [0.717, 1.165) is 78.0 Å². The number of furan rings is 2. The summed E-state index contributed by atoms with van der Waals surface area (Å²) in [4.78, 5) is 4.74. The molecular weight excluding hydrogens is 961 g/mol. The Bertz CT molecular complexity index is 4810. The Morgan fingerprint density at radius 3 is 1.32 bits per heavy atom. The van der Waals surface area contributed by atoms with Crippen LogP contribution in [0.3, 0.4) is 0 Å². The zero-order chi connectivity index (χ0) is 52.1. The molecule has 13 aromatic carbocycles. The lowest BCUT2D eigenvalue weighted by atomic mass is 9.68. The summed E-state index contributed by atoms with van der Waals surface area (Å²) in [6, 6.07) is 94.1. The fourth-order valence-corrected chi connectivity index (χ4v) is 13.9. The number of aryl methyl sites for hydroxylation is 2. The molecule has 0 unspecified atom stereocenters. The van der Waals surface area contributed by atoms with Crippen LogP contribution in [0.2, 0.25) is 0 Å². The quantitative estimate of drug-likeness (QED) is 0.166. The highest BCUT2D eigenvalue weighted by molar-refractivity contribution is 6.15. The van der Waals surface area contributed by atoms with Crippen molar-refractivity contribution in [3.8, 4) is 22.3 Å². The van der Waals surface area contributed by atoms with Gasteiger partial charge in [-0.1, -0.05) is 193 Å². The summed E-state index contributed by atoms with van der Waals surface area (Å²) in [5.74, 6) is 0. The topological polar surface area (TPSA) is 32.8 Å². The second-order valence-electron chi connectivity index (χ2n) is 21.6. The van der Waals surface area contributed by atoms with E-state index in [1.165, 1.54) is 88.0 Å². The smallest absolute Gasteiger partial charge is 0.159 e. The first-order valence-electron chi connectivity index (χ1n) is 27.3. The summed E-state index contributed by atoms with van der Waals surface area (Å²) < 4.78 is 13.5. The molecule has 1 spiro atoms. The van der Waals surface area contributed by atoms with E-state index in [4.69, 9.17) is 8.83 Å². The molecule has 0 aliphatic heterocycles. The summed E-state index contributed by atoms with van der Waals surface area (Å²) in [7, 11) is 0. The fraction of sp³-hybridized carbons (Fsp3) is 0.0400. The van der Waals surface area contributed by atoms with E-state index in [2.05, 4.69) is 266 Å². The molecule has 0 atom stereocenters. The molecule has 0 fully saturated rings. The molecule has 4 nitrogen and oxygen atoms in total. The predicted molar refractivity (Wildman–Crippen MR) is 329 cm³/mol. The maximum Gasteiger partial charge on any atom is 0.159 e. The number of nitrogens with zero attached hydrogens (tertiary/aromatic N) is 2. The predicted octanol–water partition coefficient (Wildman–Crippen LogP) is 20.8. The van der Waals surface area contributed by atoms with Gasteiger partial charge >= 0.3 is 0 Å². The molecule has 0 saturated heterocycles. The second-order valence-corrected chi connectivity index (χ2v) is 21.6. The third kappa shape index (κ3) is 6.14. The average molecular weight is 1010 g/mol. The Labute approximate surface area is 456 Å². The van der Waals surface area contributed by atoms with Crippen molar-refractivity contribution in [2.45, 2.75) is 19.3 Å². The van der Waals surface area contributed by atoms with Crippen LogP contribution < -0.4 is 9.80 Å². The van der Waals surface area contributed by atoms with Crippen LogP contribution in [0.4, 0.5) is 34.1 Å². The third-order valence-corrected chi connectivity index (χ3v) is 17.3. The lowest BCUT2D eigenvalue weighted by Gasteiger charge is -2.33. The van der Waals surface area contributed by atoms with Gasteiger partial charge in [0.2, 0.25) is 0 Å². The van der Waals surface area contributed by atoms with E-state index < -0.39 is 5.41 Å². The van der Waals surface area contributed by atoms with Crippen LogP contribution in [-0.2, 0) is 5.41 Å². The Morgan fingerprint density at radius 1 is 0.304 bits per heavy atom. The highest BCUT2D eigenvalue weighted by atomic mass is 16.3. The van der Waals surface area contributed by atoms with Gasteiger partial charge in [-0.25, -0.2) is 0 Å². The molecule has 79 heavy (non-hydrogen) atoms. The summed E-state index contributed by atoms with van der Waals surface area (Å²) in [6.07, 6.45) is 0. The van der Waals surface area contributed by atoms with Crippen molar-refractivity contribution < 1.29 is 8.83 Å². The van der Waals surface area contributed by atoms with Crippen LogP contribution in [0.5, 0.6) is 0 Å². The van der Waals surface area contributed by atoms with Gasteiger partial charge in [0.05, 0.1) is 16.8 Å². The highest BCUT2D eigenvalue weighted by Crippen LogP contribution is 2.66. The number of anilines is 6. The number of hydrogen-bond donors (Lipinski definition) is 0. The number of para-hydroxylation sites is 4. The molecule has 4 heteroatoms. The lowest BCUT2D eigenvalue weighted by Crippen LogP contribution is -2.26. The molecule has 0 amide bonds. The zero-order valence-corrected chi connectivity index (χ0v) is 43.5. The molecular formula is C75H48N2O2. The van der Waals surface area contributed by atoms with Gasteiger partial charge in [0.15, 0.2) is 11.2 Å². The van der Waals surface area contributed by atoms with E-state index in [-0.39, 0.29) is 0 Å². The van der Waals surface area contributed by atoms with E-state index in [9.17, 15) is 0 Å². The Morgan fingerprint density at radius 2 is 0.759 bits per heavy atom. The molecule has 0 saturated carbocycles. The lowest BCUT2D eigenvalue weighted by molar-refractivity contribution is 0.668. The summed E-state index contributed by atoms with van der Waals surface area (Å²) in [6.45, 7) is 4.29. The number of hydrogen-bond acceptors (Lipinski definition) is 4. The number of rotatable bonds is 6. The molecule has 0 N–H and O–H groups in total. The summed E-state index contributed by atoms with van der Waals surface area (Å²) in [5.41, 5.74) is 21.9. The van der Waals surface area contributed by atoms with Crippen LogP contribution in [-0.4, -0.2) is 0 Å². The van der Waals surface area contributed by atoms with E-state index >= 15 is 0 Å². The minimum atomic E-state index is -0.657. The van der Waals surface area contributed by atoms with E-state index in [1.54, 1.807) is 0 Å². The molecule has 2 aliphatic rings. The highest BCUT2D eigenvalue weighted by Gasteiger charge is 2.53. The number of fused-ring (bicyclic) bond motifs is 22. The first-order chi connectivity index (χ1) is 39.0. The van der Waals surface area contributed by atoms with Gasteiger partial charge in [0.1, 0.15) is 11.2 Å². The van der Waals surface area contributed by atoms with Gasteiger partial charge in [-0.05, 0) is 163 Å². The van der Waals surface area contributed by atoms with E-state index in [1.807, 2.05) is 12.1 Å². The minimum absolute atomic E-state index is 0.657. The van der Waals surface area contributed by atoms with E-state index in [0.29, 0.717) is 0 Å². The van der Waals surface area contributed by atoms with Gasteiger partial charge in [-0.15, -0.1) is 0 Å². The average Bonchev–Trinajstić information content (AvgIpc) is 2.58. The van der Waals surface area contributed by atoms with Crippen molar-refractivity contribution in [1.82, 2.24) is 0 Å².